The number of aryl methyl sites for hydroxylation is 3. The van der Waals surface area contributed by atoms with Crippen LogP contribution in [0.15, 0.2) is 97.1 Å². The SMILES string of the molecule is Cc1cc(C)c(C(=O)c2ccccc2C(O)(c2ccccc2)c2ccccc2)c(C)c1. The predicted octanol–water partition coefficient (Wildman–Crippen LogP) is 6.13. The van der Waals surface area contributed by atoms with Gasteiger partial charge >= 0.3 is 0 Å². The van der Waals surface area contributed by atoms with Gasteiger partial charge in [0.25, 0.3) is 0 Å². The summed E-state index contributed by atoms with van der Waals surface area (Å²) in [5, 5.41) is 12.2. The van der Waals surface area contributed by atoms with Crippen molar-refractivity contribution in [3.8, 4) is 0 Å². The van der Waals surface area contributed by atoms with E-state index in [1.165, 1.54) is 0 Å². The van der Waals surface area contributed by atoms with Crippen molar-refractivity contribution >= 4 is 5.78 Å². The van der Waals surface area contributed by atoms with Crippen LogP contribution in [-0.4, -0.2) is 10.9 Å². The molecule has 31 heavy (non-hydrogen) atoms. The molecule has 0 fully saturated rings. The molecule has 2 nitrogen and oxygen atoms in total. The number of carbonyl (C=O) groups excluding carboxylic acids is 1. The van der Waals surface area contributed by atoms with E-state index in [9.17, 15) is 9.90 Å². The maximum absolute atomic E-state index is 13.8. The van der Waals surface area contributed by atoms with Gasteiger partial charge in [-0.2, -0.15) is 0 Å². The zero-order chi connectivity index (χ0) is 22.0. The van der Waals surface area contributed by atoms with Crippen LogP contribution in [-0.2, 0) is 5.60 Å². The van der Waals surface area contributed by atoms with Gasteiger partial charge in [-0.3, -0.25) is 4.79 Å². The summed E-state index contributed by atoms with van der Waals surface area (Å²) in [4.78, 5) is 13.8. The second-order valence-electron chi connectivity index (χ2n) is 8.09. The van der Waals surface area contributed by atoms with Gasteiger partial charge < -0.3 is 5.11 Å². The highest BCUT2D eigenvalue weighted by atomic mass is 16.3. The van der Waals surface area contributed by atoms with Crippen LogP contribution in [0.1, 0.15) is 49.3 Å². The molecular weight excluding hydrogens is 380 g/mol. The van der Waals surface area contributed by atoms with Crippen molar-refractivity contribution in [3.05, 3.63) is 142 Å². The van der Waals surface area contributed by atoms with Crippen molar-refractivity contribution in [2.45, 2.75) is 26.4 Å². The Morgan fingerprint density at radius 3 is 1.65 bits per heavy atom. The summed E-state index contributed by atoms with van der Waals surface area (Å²) in [5.74, 6) is -0.0733. The zero-order valence-corrected chi connectivity index (χ0v) is 18.1. The van der Waals surface area contributed by atoms with Crippen molar-refractivity contribution < 1.29 is 9.90 Å². The Labute approximate surface area is 183 Å². The Morgan fingerprint density at radius 2 is 1.13 bits per heavy atom. The minimum absolute atomic E-state index is 0.0733. The topological polar surface area (TPSA) is 37.3 Å². The Hall–Kier alpha value is -3.49. The lowest BCUT2D eigenvalue weighted by Crippen LogP contribution is -2.31. The van der Waals surface area contributed by atoms with Crippen molar-refractivity contribution in [3.63, 3.8) is 0 Å². The van der Waals surface area contributed by atoms with Crippen LogP contribution in [0.25, 0.3) is 0 Å². The smallest absolute Gasteiger partial charge is 0.193 e. The lowest BCUT2D eigenvalue weighted by Gasteiger charge is -2.32. The van der Waals surface area contributed by atoms with E-state index in [-0.39, 0.29) is 5.78 Å². The van der Waals surface area contributed by atoms with Crippen LogP contribution in [0.2, 0.25) is 0 Å². The van der Waals surface area contributed by atoms with Crippen LogP contribution in [0.3, 0.4) is 0 Å². The summed E-state index contributed by atoms with van der Waals surface area (Å²) in [5.41, 5.74) is 4.79. The molecule has 0 unspecified atom stereocenters. The fourth-order valence-electron chi connectivity index (χ4n) is 4.51. The lowest BCUT2D eigenvalue weighted by atomic mass is 9.77. The molecule has 0 aliphatic rings. The molecule has 4 rings (SSSR count). The molecular formula is C29H26O2. The monoisotopic (exact) mass is 406 g/mol. The first-order valence-corrected chi connectivity index (χ1v) is 10.5. The minimum Gasteiger partial charge on any atom is -0.376 e. The first-order valence-electron chi connectivity index (χ1n) is 10.5. The molecule has 0 spiro atoms. The van der Waals surface area contributed by atoms with E-state index < -0.39 is 5.60 Å². The molecule has 0 aliphatic heterocycles. The third kappa shape index (κ3) is 3.71. The molecule has 0 aliphatic carbocycles. The molecule has 0 amide bonds. The van der Waals surface area contributed by atoms with E-state index in [1.807, 2.05) is 118 Å². The van der Waals surface area contributed by atoms with Gasteiger partial charge in [0.2, 0.25) is 0 Å². The number of carbonyl (C=O) groups is 1. The van der Waals surface area contributed by atoms with Crippen molar-refractivity contribution in [1.29, 1.82) is 0 Å². The van der Waals surface area contributed by atoms with Crippen LogP contribution in [0.4, 0.5) is 0 Å². The molecule has 4 aromatic carbocycles. The summed E-state index contributed by atoms with van der Waals surface area (Å²) in [6.45, 7) is 5.97. The van der Waals surface area contributed by atoms with Gasteiger partial charge in [-0.05, 0) is 43.0 Å². The molecule has 0 saturated carbocycles. The third-order valence-electron chi connectivity index (χ3n) is 5.85. The second-order valence-corrected chi connectivity index (χ2v) is 8.09. The fraction of sp³-hybridized carbons (Fsp3) is 0.138. The molecule has 0 aromatic heterocycles. The first kappa shape index (κ1) is 20.8. The predicted molar refractivity (Wildman–Crippen MR) is 126 cm³/mol. The van der Waals surface area contributed by atoms with Gasteiger partial charge in [-0.1, -0.05) is 103 Å². The van der Waals surface area contributed by atoms with E-state index in [0.29, 0.717) is 16.7 Å². The summed E-state index contributed by atoms with van der Waals surface area (Å²) < 4.78 is 0. The molecule has 154 valence electrons. The molecule has 2 heteroatoms. The Morgan fingerprint density at radius 1 is 0.677 bits per heavy atom. The molecule has 0 saturated heterocycles. The van der Waals surface area contributed by atoms with E-state index in [4.69, 9.17) is 0 Å². The highest BCUT2D eigenvalue weighted by molar-refractivity contribution is 6.12. The van der Waals surface area contributed by atoms with Gasteiger partial charge in [0, 0.05) is 16.7 Å². The Bertz CT molecular complexity index is 1160. The molecule has 0 atom stereocenters. The number of aliphatic hydroxyl groups is 1. The average Bonchev–Trinajstić information content (AvgIpc) is 2.79. The van der Waals surface area contributed by atoms with Crippen LogP contribution in [0.5, 0.6) is 0 Å². The zero-order valence-electron chi connectivity index (χ0n) is 18.1. The van der Waals surface area contributed by atoms with Crippen molar-refractivity contribution in [2.75, 3.05) is 0 Å². The molecule has 0 radical (unpaired) electrons. The van der Waals surface area contributed by atoms with Crippen LogP contribution in [0, 0.1) is 20.8 Å². The van der Waals surface area contributed by atoms with Crippen LogP contribution >= 0.6 is 0 Å². The Balaban J connectivity index is 1.98. The summed E-state index contributed by atoms with van der Waals surface area (Å²) in [6.07, 6.45) is 0. The number of benzene rings is 4. The van der Waals surface area contributed by atoms with Crippen LogP contribution < -0.4 is 0 Å². The largest absolute Gasteiger partial charge is 0.376 e. The van der Waals surface area contributed by atoms with E-state index in [2.05, 4.69) is 0 Å². The highest BCUT2D eigenvalue weighted by Gasteiger charge is 2.37. The maximum atomic E-state index is 13.8. The standard InChI is InChI=1S/C29H26O2/c1-20-18-21(2)27(22(3)19-20)28(30)25-16-10-11-17-26(25)29(31,23-12-6-4-7-13-23)24-14-8-5-9-15-24/h4-19,31H,1-3H3. The quantitative estimate of drug-likeness (QED) is 0.320. The molecule has 0 bridgehead atoms. The summed E-state index contributed by atoms with van der Waals surface area (Å²) >= 11 is 0. The number of ketones is 1. The minimum atomic E-state index is -1.46. The highest BCUT2D eigenvalue weighted by Crippen LogP contribution is 2.39. The van der Waals surface area contributed by atoms with E-state index in [0.717, 1.165) is 27.8 Å². The third-order valence-corrected chi connectivity index (χ3v) is 5.85. The number of rotatable bonds is 5. The molecule has 4 aromatic rings. The van der Waals surface area contributed by atoms with Gasteiger partial charge in [0.15, 0.2) is 5.78 Å². The van der Waals surface area contributed by atoms with Crippen molar-refractivity contribution in [1.82, 2.24) is 0 Å². The second kappa shape index (κ2) is 8.33. The van der Waals surface area contributed by atoms with E-state index >= 15 is 0 Å². The van der Waals surface area contributed by atoms with Gasteiger partial charge in [0.05, 0.1) is 0 Å². The first-order chi connectivity index (χ1) is 14.9. The van der Waals surface area contributed by atoms with Gasteiger partial charge in [0.1, 0.15) is 5.60 Å². The van der Waals surface area contributed by atoms with Gasteiger partial charge in [-0.15, -0.1) is 0 Å². The molecule has 0 heterocycles. The number of hydrogen-bond donors (Lipinski definition) is 1. The average molecular weight is 407 g/mol. The number of hydrogen-bond acceptors (Lipinski definition) is 2. The summed E-state index contributed by atoms with van der Waals surface area (Å²) in [7, 11) is 0. The Kier molecular flexibility index (Phi) is 5.58. The summed E-state index contributed by atoms with van der Waals surface area (Å²) in [6, 6.07) is 30.5. The maximum Gasteiger partial charge on any atom is 0.193 e. The normalized spacial score (nSPS) is 11.4. The lowest BCUT2D eigenvalue weighted by molar-refractivity contribution is 0.101. The van der Waals surface area contributed by atoms with Gasteiger partial charge in [-0.25, -0.2) is 0 Å². The fourth-order valence-corrected chi connectivity index (χ4v) is 4.51. The van der Waals surface area contributed by atoms with E-state index in [1.54, 1.807) is 0 Å². The molecule has 1 N–H and O–H groups in total. The van der Waals surface area contributed by atoms with Crippen molar-refractivity contribution in [2.24, 2.45) is 0 Å².